The fourth-order valence-electron chi connectivity index (χ4n) is 2.30. The van der Waals surface area contributed by atoms with E-state index >= 15 is 0 Å². The minimum atomic E-state index is -0.263. The fraction of sp³-hybridized carbons (Fsp3) is 0.200. The van der Waals surface area contributed by atoms with Crippen LogP contribution in [0.5, 0.6) is 5.75 Å². The van der Waals surface area contributed by atoms with E-state index in [1.54, 1.807) is 6.07 Å². The van der Waals surface area contributed by atoms with Crippen molar-refractivity contribution in [1.82, 2.24) is 0 Å². The predicted octanol–water partition coefficient (Wildman–Crippen LogP) is 4.44. The first-order valence-corrected chi connectivity index (χ1v) is 6.88. The van der Waals surface area contributed by atoms with Gasteiger partial charge in [-0.3, -0.25) is 0 Å². The van der Waals surface area contributed by atoms with Crippen LogP contribution in [-0.2, 0) is 0 Å². The van der Waals surface area contributed by atoms with Crippen LogP contribution in [0.4, 0.5) is 10.1 Å². The molecule has 0 radical (unpaired) electrons. The van der Waals surface area contributed by atoms with Crippen LogP contribution < -0.4 is 10.1 Å². The average Bonchev–Trinajstić information content (AvgIpc) is 2.40. The first kappa shape index (κ1) is 12.5. The Morgan fingerprint density at radius 1 is 1.26 bits per heavy atom. The quantitative estimate of drug-likeness (QED) is 0.838. The second-order valence-corrected chi connectivity index (χ2v) is 5.56. The van der Waals surface area contributed by atoms with Crippen molar-refractivity contribution < 1.29 is 9.13 Å². The van der Waals surface area contributed by atoms with Gasteiger partial charge in [0, 0.05) is 10.5 Å². The van der Waals surface area contributed by atoms with Gasteiger partial charge in [-0.05, 0) is 42.3 Å². The van der Waals surface area contributed by atoms with Crippen LogP contribution in [0.25, 0.3) is 0 Å². The molecule has 2 aromatic rings. The Morgan fingerprint density at radius 2 is 2.11 bits per heavy atom. The molecule has 3 rings (SSSR count). The predicted molar refractivity (Wildman–Crippen MR) is 77.1 cm³/mol. The van der Waals surface area contributed by atoms with E-state index in [0.29, 0.717) is 18.0 Å². The van der Waals surface area contributed by atoms with Gasteiger partial charge < -0.3 is 10.1 Å². The number of nitrogens with one attached hydrogen (secondary N) is 1. The average molecular weight is 322 g/mol. The number of anilines is 1. The van der Waals surface area contributed by atoms with Crippen LogP contribution in [0, 0.1) is 12.7 Å². The Kier molecular flexibility index (Phi) is 3.19. The van der Waals surface area contributed by atoms with Gasteiger partial charge in [-0.25, -0.2) is 4.39 Å². The number of hydrogen-bond donors (Lipinski definition) is 1. The summed E-state index contributed by atoms with van der Waals surface area (Å²) in [5.74, 6) is 0.437. The van der Waals surface area contributed by atoms with E-state index in [1.165, 1.54) is 17.7 Å². The molecule has 98 valence electrons. The van der Waals surface area contributed by atoms with E-state index in [0.717, 1.165) is 10.0 Å². The van der Waals surface area contributed by atoms with Crippen LogP contribution in [0.3, 0.4) is 0 Å². The first-order valence-electron chi connectivity index (χ1n) is 6.08. The van der Waals surface area contributed by atoms with E-state index in [4.69, 9.17) is 4.74 Å². The van der Waals surface area contributed by atoms with Crippen molar-refractivity contribution >= 4 is 21.6 Å². The minimum absolute atomic E-state index is 0.0341. The van der Waals surface area contributed by atoms with Crippen molar-refractivity contribution in [2.24, 2.45) is 0 Å². The van der Waals surface area contributed by atoms with Crippen molar-refractivity contribution in [2.45, 2.75) is 13.0 Å². The maximum absolute atomic E-state index is 13.3. The molecule has 0 saturated carbocycles. The van der Waals surface area contributed by atoms with E-state index in [9.17, 15) is 4.39 Å². The summed E-state index contributed by atoms with van der Waals surface area (Å²) >= 11 is 3.48. The van der Waals surface area contributed by atoms with Crippen molar-refractivity contribution in [3.8, 4) is 5.75 Å². The molecule has 0 bridgehead atoms. The van der Waals surface area contributed by atoms with Gasteiger partial charge >= 0.3 is 0 Å². The Morgan fingerprint density at radius 3 is 2.95 bits per heavy atom. The summed E-state index contributed by atoms with van der Waals surface area (Å²) in [6, 6.07) is 10.7. The number of halogens is 2. The van der Waals surface area contributed by atoms with Gasteiger partial charge in [0.25, 0.3) is 0 Å². The summed E-state index contributed by atoms with van der Waals surface area (Å²) in [4.78, 5) is 0. The summed E-state index contributed by atoms with van der Waals surface area (Å²) in [5, 5.41) is 3.34. The summed E-state index contributed by atoms with van der Waals surface area (Å²) in [6.45, 7) is 2.60. The summed E-state index contributed by atoms with van der Waals surface area (Å²) in [6.07, 6.45) is 0. The van der Waals surface area contributed by atoms with E-state index in [2.05, 4.69) is 40.3 Å². The highest BCUT2D eigenvalue weighted by Crippen LogP contribution is 2.35. The molecule has 1 aliphatic heterocycles. The van der Waals surface area contributed by atoms with Crippen molar-refractivity contribution in [3.63, 3.8) is 0 Å². The molecule has 2 aromatic carbocycles. The molecule has 0 spiro atoms. The highest BCUT2D eigenvalue weighted by atomic mass is 79.9. The SMILES string of the molecule is Cc1ccc(Br)cc1C1COc2ccc(F)cc2N1. The lowest BCUT2D eigenvalue weighted by atomic mass is 10.0. The fourth-order valence-corrected chi connectivity index (χ4v) is 2.68. The van der Waals surface area contributed by atoms with Gasteiger partial charge in [0.1, 0.15) is 18.2 Å². The summed E-state index contributed by atoms with van der Waals surface area (Å²) in [5.41, 5.74) is 3.05. The molecule has 0 saturated heterocycles. The molecule has 19 heavy (non-hydrogen) atoms. The van der Waals surface area contributed by atoms with E-state index in [1.807, 2.05) is 6.07 Å². The zero-order chi connectivity index (χ0) is 13.4. The van der Waals surface area contributed by atoms with Crippen LogP contribution in [-0.4, -0.2) is 6.61 Å². The third-order valence-corrected chi connectivity index (χ3v) is 3.79. The third kappa shape index (κ3) is 2.45. The van der Waals surface area contributed by atoms with Crippen LogP contribution in [0.2, 0.25) is 0 Å². The number of fused-ring (bicyclic) bond motifs is 1. The number of ether oxygens (including phenoxy) is 1. The number of rotatable bonds is 1. The number of hydrogen-bond acceptors (Lipinski definition) is 2. The van der Waals surface area contributed by atoms with Crippen molar-refractivity contribution in [1.29, 1.82) is 0 Å². The van der Waals surface area contributed by atoms with Gasteiger partial charge in [0.05, 0.1) is 11.7 Å². The third-order valence-electron chi connectivity index (χ3n) is 3.29. The zero-order valence-corrected chi connectivity index (χ0v) is 12.0. The van der Waals surface area contributed by atoms with Crippen LogP contribution in [0.15, 0.2) is 40.9 Å². The summed E-state index contributed by atoms with van der Waals surface area (Å²) in [7, 11) is 0. The standard InChI is InChI=1S/C15H13BrFNO/c1-9-2-3-10(16)6-12(9)14-8-19-15-5-4-11(17)7-13(15)18-14/h2-7,14,18H,8H2,1H3. The molecular weight excluding hydrogens is 309 g/mol. The Labute approximate surface area is 119 Å². The highest BCUT2D eigenvalue weighted by molar-refractivity contribution is 9.10. The summed E-state index contributed by atoms with van der Waals surface area (Å²) < 4.78 is 20.0. The Bertz CT molecular complexity index is 630. The molecule has 0 aromatic heterocycles. The van der Waals surface area contributed by atoms with Gasteiger partial charge in [0.15, 0.2) is 0 Å². The molecule has 1 heterocycles. The second kappa shape index (κ2) is 4.85. The molecule has 4 heteroatoms. The van der Waals surface area contributed by atoms with Crippen LogP contribution in [0.1, 0.15) is 17.2 Å². The second-order valence-electron chi connectivity index (χ2n) is 4.65. The van der Waals surface area contributed by atoms with Crippen molar-refractivity contribution in [2.75, 3.05) is 11.9 Å². The topological polar surface area (TPSA) is 21.3 Å². The maximum atomic E-state index is 13.3. The maximum Gasteiger partial charge on any atom is 0.142 e. The van der Waals surface area contributed by atoms with Crippen molar-refractivity contribution in [3.05, 3.63) is 57.8 Å². The largest absolute Gasteiger partial charge is 0.489 e. The molecule has 2 nitrogen and oxygen atoms in total. The number of aryl methyl sites for hydroxylation is 1. The number of benzene rings is 2. The highest BCUT2D eigenvalue weighted by Gasteiger charge is 2.22. The normalized spacial score (nSPS) is 17.3. The van der Waals surface area contributed by atoms with Gasteiger partial charge in [-0.2, -0.15) is 0 Å². The van der Waals surface area contributed by atoms with Gasteiger partial charge in [-0.1, -0.05) is 22.0 Å². The molecule has 1 atom stereocenters. The smallest absolute Gasteiger partial charge is 0.142 e. The zero-order valence-electron chi connectivity index (χ0n) is 10.4. The monoisotopic (exact) mass is 321 g/mol. The lowest BCUT2D eigenvalue weighted by Gasteiger charge is -2.28. The first-order chi connectivity index (χ1) is 9.13. The molecule has 1 N–H and O–H groups in total. The molecule has 0 amide bonds. The van der Waals surface area contributed by atoms with Gasteiger partial charge in [-0.15, -0.1) is 0 Å². The lowest BCUT2D eigenvalue weighted by Crippen LogP contribution is -2.24. The molecule has 1 unspecified atom stereocenters. The Hall–Kier alpha value is -1.55. The lowest BCUT2D eigenvalue weighted by molar-refractivity contribution is 0.285. The molecule has 0 aliphatic carbocycles. The minimum Gasteiger partial charge on any atom is -0.489 e. The molecule has 1 aliphatic rings. The Balaban J connectivity index is 1.95. The van der Waals surface area contributed by atoms with Gasteiger partial charge in [0.2, 0.25) is 0 Å². The molecular formula is C15H13BrFNO. The van der Waals surface area contributed by atoms with Crippen LogP contribution >= 0.6 is 15.9 Å². The van der Waals surface area contributed by atoms with E-state index < -0.39 is 0 Å². The van der Waals surface area contributed by atoms with E-state index in [-0.39, 0.29) is 11.9 Å². The molecule has 0 fully saturated rings.